The molecule has 0 aliphatic carbocycles. The molecule has 0 heterocycles. The van der Waals surface area contributed by atoms with Crippen LogP contribution >= 0.6 is 0 Å². The highest BCUT2D eigenvalue weighted by Crippen LogP contribution is 2.28. The Morgan fingerprint density at radius 3 is 2.65 bits per heavy atom. The standard InChI is InChI=1S/C15H20N2O3/c1-5-20-12-7-6-11(8-13(12)19-4)9-17-14(18)15(2,3)10-16/h6-8H,5,9H2,1-4H3,(H,17,18). The van der Waals surface area contributed by atoms with Crippen LogP contribution in [0.15, 0.2) is 18.2 Å². The van der Waals surface area contributed by atoms with Crippen molar-refractivity contribution >= 4 is 5.91 Å². The maximum atomic E-state index is 11.8. The fourth-order valence-corrected chi connectivity index (χ4v) is 1.55. The zero-order chi connectivity index (χ0) is 15.2. The number of methoxy groups -OCH3 is 1. The summed E-state index contributed by atoms with van der Waals surface area (Å²) in [5.74, 6) is 0.994. The lowest BCUT2D eigenvalue weighted by Crippen LogP contribution is -2.35. The van der Waals surface area contributed by atoms with Crippen molar-refractivity contribution in [2.45, 2.75) is 27.3 Å². The summed E-state index contributed by atoms with van der Waals surface area (Å²) in [6.07, 6.45) is 0. The van der Waals surface area contributed by atoms with E-state index in [-0.39, 0.29) is 5.91 Å². The van der Waals surface area contributed by atoms with E-state index < -0.39 is 5.41 Å². The summed E-state index contributed by atoms with van der Waals surface area (Å²) in [4.78, 5) is 11.8. The smallest absolute Gasteiger partial charge is 0.240 e. The summed E-state index contributed by atoms with van der Waals surface area (Å²) < 4.78 is 10.7. The molecule has 0 atom stereocenters. The van der Waals surface area contributed by atoms with Crippen molar-refractivity contribution in [2.75, 3.05) is 13.7 Å². The third-order valence-electron chi connectivity index (χ3n) is 2.83. The number of ether oxygens (including phenoxy) is 2. The van der Waals surface area contributed by atoms with Crippen LogP contribution in [-0.4, -0.2) is 19.6 Å². The molecule has 108 valence electrons. The zero-order valence-corrected chi connectivity index (χ0v) is 12.3. The first-order valence-electron chi connectivity index (χ1n) is 6.44. The van der Waals surface area contributed by atoms with Gasteiger partial charge in [0, 0.05) is 6.54 Å². The van der Waals surface area contributed by atoms with Crippen LogP contribution in [0, 0.1) is 16.7 Å². The van der Waals surface area contributed by atoms with Gasteiger partial charge >= 0.3 is 0 Å². The monoisotopic (exact) mass is 276 g/mol. The first-order valence-corrected chi connectivity index (χ1v) is 6.44. The van der Waals surface area contributed by atoms with Crippen LogP contribution in [0.1, 0.15) is 26.3 Å². The molecule has 0 aromatic heterocycles. The van der Waals surface area contributed by atoms with E-state index in [0.29, 0.717) is 24.7 Å². The predicted octanol–water partition coefficient (Wildman–Crippen LogP) is 2.26. The Bertz CT molecular complexity index is 518. The Morgan fingerprint density at radius 2 is 2.10 bits per heavy atom. The van der Waals surface area contributed by atoms with Crippen molar-refractivity contribution in [3.05, 3.63) is 23.8 Å². The normalized spacial score (nSPS) is 10.6. The Kier molecular flexibility index (Phi) is 5.39. The molecule has 5 nitrogen and oxygen atoms in total. The highest BCUT2D eigenvalue weighted by atomic mass is 16.5. The van der Waals surface area contributed by atoms with E-state index in [1.807, 2.05) is 25.1 Å². The molecule has 0 radical (unpaired) electrons. The number of carbonyl (C=O) groups is 1. The van der Waals surface area contributed by atoms with Gasteiger partial charge in [-0.25, -0.2) is 0 Å². The molecule has 1 rings (SSSR count). The molecule has 0 bridgehead atoms. The first kappa shape index (κ1) is 15.8. The zero-order valence-electron chi connectivity index (χ0n) is 12.3. The fourth-order valence-electron chi connectivity index (χ4n) is 1.55. The number of nitrogens with zero attached hydrogens (tertiary/aromatic N) is 1. The molecule has 1 aromatic carbocycles. The lowest BCUT2D eigenvalue weighted by atomic mass is 9.95. The molecule has 0 unspecified atom stereocenters. The summed E-state index contributed by atoms with van der Waals surface area (Å²) >= 11 is 0. The van der Waals surface area contributed by atoms with Crippen LogP contribution in [0.3, 0.4) is 0 Å². The topological polar surface area (TPSA) is 71.3 Å². The number of benzene rings is 1. The van der Waals surface area contributed by atoms with Gasteiger partial charge in [0.2, 0.25) is 5.91 Å². The largest absolute Gasteiger partial charge is 0.493 e. The van der Waals surface area contributed by atoms with Crippen LogP contribution in [0.25, 0.3) is 0 Å². The number of rotatable bonds is 6. The quantitative estimate of drug-likeness (QED) is 0.865. The van der Waals surface area contributed by atoms with Gasteiger partial charge in [-0.05, 0) is 38.5 Å². The number of nitrogens with one attached hydrogen (secondary N) is 1. The van der Waals surface area contributed by atoms with E-state index in [1.54, 1.807) is 27.0 Å². The number of nitriles is 1. The summed E-state index contributed by atoms with van der Waals surface area (Å²) in [5.41, 5.74) is -0.151. The van der Waals surface area contributed by atoms with Crippen molar-refractivity contribution in [2.24, 2.45) is 5.41 Å². The van der Waals surface area contributed by atoms with Crippen LogP contribution in [-0.2, 0) is 11.3 Å². The van der Waals surface area contributed by atoms with Crippen molar-refractivity contribution in [1.82, 2.24) is 5.32 Å². The van der Waals surface area contributed by atoms with Gasteiger partial charge in [-0.3, -0.25) is 4.79 Å². The minimum absolute atomic E-state index is 0.298. The van der Waals surface area contributed by atoms with Crippen LogP contribution in [0.2, 0.25) is 0 Å². The Hall–Kier alpha value is -2.22. The maximum Gasteiger partial charge on any atom is 0.240 e. The predicted molar refractivity (Wildman–Crippen MR) is 75.4 cm³/mol. The van der Waals surface area contributed by atoms with E-state index >= 15 is 0 Å². The summed E-state index contributed by atoms with van der Waals surface area (Å²) in [6, 6.07) is 7.44. The fraction of sp³-hybridized carbons (Fsp3) is 0.467. The number of carbonyl (C=O) groups excluding carboxylic acids is 1. The highest BCUT2D eigenvalue weighted by Gasteiger charge is 2.26. The Balaban J connectivity index is 2.75. The molecule has 0 saturated heterocycles. The lowest BCUT2D eigenvalue weighted by molar-refractivity contribution is -0.126. The van der Waals surface area contributed by atoms with Crippen molar-refractivity contribution in [3.63, 3.8) is 0 Å². The minimum Gasteiger partial charge on any atom is -0.493 e. The number of hydrogen-bond donors (Lipinski definition) is 1. The second kappa shape index (κ2) is 6.80. The molecule has 0 spiro atoms. The molecule has 20 heavy (non-hydrogen) atoms. The minimum atomic E-state index is -1.03. The Labute approximate surface area is 119 Å². The van der Waals surface area contributed by atoms with Crippen molar-refractivity contribution in [1.29, 1.82) is 5.26 Å². The molecule has 0 fully saturated rings. The van der Waals surface area contributed by atoms with Gasteiger partial charge in [-0.15, -0.1) is 0 Å². The van der Waals surface area contributed by atoms with Crippen LogP contribution in [0.5, 0.6) is 11.5 Å². The van der Waals surface area contributed by atoms with Crippen LogP contribution < -0.4 is 14.8 Å². The van der Waals surface area contributed by atoms with E-state index in [0.717, 1.165) is 5.56 Å². The number of amides is 1. The maximum absolute atomic E-state index is 11.8. The van der Waals surface area contributed by atoms with Gasteiger partial charge in [0.25, 0.3) is 0 Å². The average Bonchev–Trinajstić information content (AvgIpc) is 2.45. The SMILES string of the molecule is CCOc1ccc(CNC(=O)C(C)(C)C#N)cc1OC. The molecule has 5 heteroatoms. The second-order valence-electron chi connectivity index (χ2n) is 4.84. The third-order valence-corrected chi connectivity index (χ3v) is 2.83. The van der Waals surface area contributed by atoms with Gasteiger partial charge in [0.15, 0.2) is 11.5 Å². The van der Waals surface area contributed by atoms with Crippen LogP contribution in [0.4, 0.5) is 0 Å². The molecule has 1 amide bonds. The van der Waals surface area contributed by atoms with E-state index in [9.17, 15) is 4.79 Å². The van der Waals surface area contributed by atoms with Gasteiger partial charge in [0.05, 0.1) is 19.8 Å². The third kappa shape index (κ3) is 3.89. The highest BCUT2D eigenvalue weighted by molar-refractivity contribution is 5.84. The van der Waals surface area contributed by atoms with Gasteiger partial charge < -0.3 is 14.8 Å². The van der Waals surface area contributed by atoms with Gasteiger partial charge in [-0.2, -0.15) is 5.26 Å². The van der Waals surface area contributed by atoms with Gasteiger partial charge in [0.1, 0.15) is 5.41 Å². The van der Waals surface area contributed by atoms with E-state index in [2.05, 4.69) is 5.32 Å². The molecule has 1 aromatic rings. The first-order chi connectivity index (χ1) is 9.44. The lowest BCUT2D eigenvalue weighted by Gasteiger charge is -2.16. The van der Waals surface area contributed by atoms with E-state index in [4.69, 9.17) is 14.7 Å². The molecule has 0 aliphatic heterocycles. The summed E-state index contributed by atoms with van der Waals surface area (Å²) in [5, 5.41) is 11.6. The molecule has 1 N–H and O–H groups in total. The molecular formula is C15H20N2O3. The van der Waals surface area contributed by atoms with Crippen molar-refractivity contribution < 1.29 is 14.3 Å². The van der Waals surface area contributed by atoms with Gasteiger partial charge in [-0.1, -0.05) is 6.07 Å². The Morgan fingerprint density at radius 1 is 1.40 bits per heavy atom. The average molecular weight is 276 g/mol. The molecule has 0 aliphatic rings. The number of hydrogen-bond acceptors (Lipinski definition) is 4. The second-order valence-corrected chi connectivity index (χ2v) is 4.84. The molecule has 0 saturated carbocycles. The van der Waals surface area contributed by atoms with Crippen molar-refractivity contribution in [3.8, 4) is 17.6 Å². The summed E-state index contributed by atoms with van der Waals surface area (Å²) in [6.45, 7) is 5.97. The van der Waals surface area contributed by atoms with E-state index in [1.165, 1.54) is 0 Å². The molecular weight excluding hydrogens is 256 g/mol. The summed E-state index contributed by atoms with van der Waals surface area (Å²) in [7, 11) is 1.57.